The predicted octanol–water partition coefficient (Wildman–Crippen LogP) is -9.42. The third-order valence-corrected chi connectivity index (χ3v) is 2.17. The molecular formula is C7H14Na2O7. The Balaban J connectivity index is -0.000000245. The molecule has 0 saturated carbocycles. The number of ether oxygens (including phenoxy) is 1. The molecule has 9 heteroatoms. The van der Waals surface area contributed by atoms with Crippen LogP contribution in [0.3, 0.4) is 0 Å². The van der Waals surface area contributed by atoms with Crippen molar-refractivity contribution in [3.8, 4) is 0 Å². The van der Waals surface area contributed by atoms with Crippen LogP contribution in [0.4, 0.5) is 0 Å². The van der Waals surface area contributed by atoms with Crippen molar-refractivity contribution in [3.05, 3.63) is 0 Å². The van der Waals surface area contributed by atoms with Gasteiger partial charge in [0.25, 0.3) is 5.79 Å². The first-order valence-corrected chi connectivity index (χ1v) is 3.98. The molecular weight excluding hydrogens is 242 g/mol. The summed E-state index contributed by atoms with van der Waals surface area (Å²) in [6, 6.07) is 0. The molecule has 0 aromatic rings. The summed E-state index contributed by atoms with van der Waals surface area (Å²) in [6.45, 7) is -0.693. The van der Waals surface area contributed by atoms with Crippen molar-refractivity contribution in [2.45, 2.75) is 30.2 Å². The van der Waals surface area contributed by atoms with Gasteiger partial charge < -0.3 is 33.1 Å². The molecule has 1 saturated heterocycles. The normalized spacial score (nSPS) is 42.8. The maximum atomic E-state index is 10.4. The van der Waals surface area contributed by atoms with Gasteiger partial charge in [-0.2, -0.15) is 0 Å². The number of carbonyl (C=O) groups excluding carboxylic acids is 1. The Morgan fingerprint density at radius 3 is 2.12 bits per heavy atom. The van der Waals surface area contributed by atoms with Crippen LogP contribution >= 0.6 is 0 Å². The van der Waals surface area contributed by atoms with Gasteiger partial charge in [-0.05, 0) is 0 Å². The van der Waals surface area contributed by atoms with Crippen LogP contribution in [0, 0.1) is 0 Å². The molecule has 0 aromatic carbocycles. The first kappa shape index (κ1) is 19.8. The molecule has 0 amide bonds. The van der Waals surface area contributed by atoms with Crippen molar-refractivity contribution in [2.24, 2.45) is 0 Å². The van der Waals surface area contributed by atoms with Gasteiger partial charge in [-0.3, -0.25) is 4.79 Å². The monoisotopic (exact) mass is 256 g/mol. The molecule has 86 valence electrons. The predicted molar refractivity (Wildman–Crippen MR) is 43.2 cm³/mol. The third-order valence-electron chi connectivity index (χ3n) is 2.17. The summed E-state index contributed by atoms with van der Waals surface area (Å²) in [7, 11) is 0. The van der Waals surface area contributed by atoms with E-state index in [9.17, 15) is 25.2 Å². The molecule has 1 aliphatic heterocycles. The molecule has 1 unspecified atom stereocenters. The molecule has 5 atom stereocenters. The largest absolute Gasteiger partial charge is 1.00 e. The number of hydrogen-bond acceptors (Lipinski definition) is 7. The molecule has 1 fully saturated rings. The van der Waals surface area contributed by atoms with Crippen LogP contribution in [0.2, 0.25) is 0 Å². The summed E-state index contributed by atoms with van der Waals surface area (Å²) in [5.41, 5.74) is 0. The third kappa shape index (κ3) is 3.71. The summed E-state index contributed by atoms with van der Waals surface area (Å²) in [5, 5.41) is 45.6. The standard InChI is InChI=1S/C7H12O7.2Na.2H/c8-1-3-4(10)5(11)6(12)7(13,2-9)14-3;;;;/h2-6,8,10-13H,1H2;;;;/q;2*+1;2*-1/t3-,4-,5+,6-,7?;;;;/m1..../s1. The summed E-state index contributed by atoms with van der Waals surface area (Å²) in [4.78, 5) is 10.4. The van der Waals surface area contributed by atoms with E-state index in [1.54, 1.807) is 0 Å². The zero-order valence-corrected chi connectivity index (χ0v) is 13.1. The van der Waals surface area contributed by atoms with Crippen LogP contribution in [0.25, 0.3) is 0 Å². The first-order chi connectivity index (χ1) is 6.46. The second-order valence-corrected chi connectivity index (χ2v) is 3.13. The fourth-order valence-corrected chi connectivity index (χ4v) is 1.28. The molecule has 0 spiro atoms. The van der Waals surface area contributed by atoms with E-state index >= 15 is 0 Å². The van der Waals surface area contributed by atoms with Gasteiger partial charge in [-0.15, -0.1) is 0 Å². The molecule has 1 heterocycles. The van der Waals surface area contributed by atoms with Crippen LogP contribution in [-0.2, 0) is 9.53 Å². The quantitative estimate of drug-likeness (QED) is 0.245. The summed E-state index contributed by atoms with van der Waals surface area (Å²) < 4.78 is 4.54. The Morgan fingerprint density at radius 1 is 1.25 bits per heavy atom. The van der Waals surface area contributed by atoms with Gasteiger partial charge in [-0.1, -0.05) is 0 Å². The van der Waals surface area contributed by atoms with Crippen molar-refractivity contribution in [3.63, 3.8) is 0 Å². The molecule has 16 heavy (non-hydrogen) atoms. The summed E-state index contributed by atoms with van der Waals surface area (Å²) in [5.74, 6) is -2.59. The fourth-order valence-electron chi connectivity index (χ4n) is 1.28. The first-order valence-electron chi connectivity index (χ1n) is 3.98. The van der Waals surface area contributed by atoms with E-state index in [4.69, 9.17) is 5.11 Å². The van der Waals surface area contributed by atoms with Gasteiger partial charge in [0.2, 0.25) is 0 Å². The molecule has 0 radical (unpaired) electrons. The van der Waals surface area contributed by atoms with Crippen molar-refractivity contribution in [1.82, 2.24) is 0 Å². The summed E-state index contributed by atoms with van der Waals surface area (Å²) in [6.07, 6.45) is -6.68. The maximum absolute atomic E-state index is 10.4. The number of aliphatic hydroxyl groups excluding tert-OH is 4. The van der Waals surface area contributed by atoms with Gasteiger partial charge in [0, 0.05) is 0 Å². The average Bonchev–Trinajstić information content (AvgIpc) is 2.20. The van der Waals surface area contributed by atoms with Gasteiger partial charge in [0.1, 0.15) is 24.4 Å². The molecule has 5 N–H and O–H groups in total. The molecule has 0 bridgehead atoms. The number of carbonyl (C=O) groups is 1. The van der Waals surface area contributed by atoms with Crippen molar-refractivity contribution < 1.29 is 97.0 Å². The van der Waals surface area contributed by atoms with Gasteiger partial charge >= 0.3 is 59.1 Å². The molecule has 1 rings (SSSR count). The summed E-state index contributed by atoms with van der Waals surface area (Å²) >= 11 is 0. The smallest absolute Gasteiger partial charge is 1.00 e. The Hall–Kier alpha value is 1.43. The SMILES string of the molecule is O=CC1(O)O[C@H](CO)[C@@H](O)[C@H](O)[C@H]1O.[H-].[H-].[Na+].[Na+]. The minimum atomic E-state index is -2.59. The van der Waals surface area contributed by atoms with Gasteiger partial charge in [0.15, 0.2) is 6.29 Å². The second-order valence-electron chi connectivity index (χ2n) is 3.13. The number of aliphatic hydroxyl groups is 5. The van der Waals surface area contributed by atoms with Gasteiger partial charge in [-0.25, -0.2) is 0 Å². The Kier molecular flexibility index (Phi) is 9.60. The topological polar surface area (TPSA) is 127 Å². The van der Waals surface area contributed by atoms with Crippen LogP contribution < -0.4 is 59.1 Å². The number of aldehydes is 1. The molecule has 0 aromatic heterocycles. The van der Waals surface area contributed by atoms with E-state index in [1.807, 2.05) is 0 Å². The second kappa shape index (κ2) is 7.78. The Bertz CT molecular complexity index is 236. The van der Waals surface area contributed by atoms with E-state index < -0.39 is 36.8 Å². The average molecular weight is 256 g/mol. The fraction of sp³-hybridized carbons (Fsp3) is 0.857. The molecule has 7 nitrogen and oxygen atoms in total. The van der Waals surface area contributed by atoms with E-state index in [-0.39, 0.29) is 68.3 Å². The van der Waals surface area contributed by atoms with Crippen LogP contribution in [0.1, 0.15) is 2.85 Å². The zero-order chi connectivity index (χ0) is 10.9. The van der Waals surface area contributed by atoms with E-state index in [0.717, 1.165) is 0 Å². The van der Waals surface area contributed by atoms with E-state index in [2.05, 4.69) is 4.74 Å². The minimum absolute atomic E-state index is 0. The Morgan fingerprint density at radius 2 is 1.75 bits per heavy atom. The van der Waals surface area contributed by atoms with Gasteiger partial charge in [0.05, 0.1) is 6.61 Å². The van der Waals surface area contributed by atoms with Crippen LogP contribution in [0.15, 0.2) is 0 Å². The van der Waals surface area contributed by atoms with Crippen molar-refractivity contribution >= 4 is 6.29 Å². The van der Waals surface area contributed by atoms with Crippen molar-refractivity contribution in [1.29, 1.82) is 0 Å². The van der Waals surface area contributed by atoms with Crippen LogP contribution in [0.5, 0.6) is 0 Å². The van der Waals surface area contributed by atoms with E-state index in [0.29, 0.717) is 0 Å². The number of hydrogen-bond donors (Lipinski definition) is 5. The maximum Gasteiger partial charge on any atom is 1.00 e. The van der Waals surface area contributed by atoms with E-state index in [1.165, 1.54) is 0 Å². The van der Waals surface area contributed by atoms with Crippen LogP contribution in [-0.4, -0.2) is 68.6 Å². The Labute approximate surface area is 139 Å². The zero-order valence-electron chi connectivity index (χ0n) is 11.1. The molecule has 0 aliphatic carbocycles. The van der Waals surface area contributed by atoms with Crippen molar-refractivity contribution in [2.75, 3.05) is 6.61 Å². The molecule has 1 aliphatic rings. The minimum Gasteiger partial charge on any atom is -1.00 e. The number of rotatable bonds is 2.